The molecule has 2 heterocycles. The molecule has 0 aromatic carbocycles. The number of aromatic nitrogens is 2. The summed E-state index contributed by atoms with van der Waals surface area (Å²) in [5.41, 5.74) is 0. The highest BCUT2D eigenvalue weighted by molar-refractivity contribution is 5.52. The minimum atomic E-state index is 0.233. The highest BCUT2D eigenvalue weighted by Crippen LogP contribution is 2.18. The molecule has 0 aliphatic carbocycles. The van der Waals surface area contributed by atoms with Crippen LogP contribution in [0, 0.1) is 5.92 Å². The summed E-state index contributed by atoms with van der Waals surface area (Å²) < 4.78 is 10.3. The average molecular weight is 210 g/mol. The summed E-state index contributed by atoms with van der Waals surface area (Å²) in [7, 11) is 0. The van der Waals surface area contributed by atoms with Crippen LogP contribution in [0.25, 0.3) is 0 Å². The van der Waals surface area contributed by atoms with E-state index in [2.05, 4.69) is 10.1 Å². The molecule has 82 valence electrons. The fourth-order valence-electron chi connectivity index (χ4n) is 1.73. The zero-order chi connectivity index (χ0) is 10.5. The lowest BCUT2D eigenvalue weighted by atomic mass is 9.97. The van der Waals surface area contributed by atoms with Crippen LogP contribution in [0.1, 0.15) is 24.6 Å². The maximum absolute atomic E-state index is 10.2. The molecule has 1 aliphatic heterocycles. The standard InChI is InChI=1S/C10H14N2O3/c13-4-1-9-11-10(15-12-9)7-8-2-5-14-6-3-8/h4,8H,1-3,5-7H2. The van der Waals surface area contributed by atoms with Gasteiger partial charge in [-0.15, -0.1) is 0 Å². The van der Waals surface area contributed by atoms with Gasteiger partial charge in [0.25, 0.3) is 0 Å². The number of carbonyl (C=O) groups excluding carboxylic acids is 1. The van der Waals surface area contributed by atoms with Crippen molar-refractivity contribution in [3.8, 4) is 0 Å². The Hall–Kier alpha value is -1.23. The number of aldehydes is 1. The van der Waals surface area contributed by atoms with E-state index >= 15 is 0 Å². The monoisotopic (exact) mass is 210 g/mol. The van der Waals surface area contributed by atoms with Gasteiger partial charge in [-0.2, -0.15) is 4.98 Å². The van der Waals surface area contributed by atoms with Crippen molar-refractivity contribution in [2.45, 2.75) is 25.7 Å². The lowest BCUT2D eigenvalue weighted by molar-refractivity contribution is -0.107. The molecule has 15 heavy (non-hydrogen) atoms. The molecule has 1 aromatic heterocycles. The van der Waals surface area contributed by atoms with Crippen molar-refractivity contribution in [1.82, 2.24) is 10.1 Å². The molecule has 1 aliphatic rings. The molecule has 5 nitrogen and oxygen atoms in total. The van der Waals surface area contributed by atoms with Crippen molar-refractivity contribution in [2.24, 2.45) is 5.92 Å². The quantitative estimate of drug-likeness (QED) is 0.687. The number of ether oxygens (including phenoxy) is 1. The maximum Gasteiger partial charge on any atom is 0.226 e. The Morgan fingerprint density at radius 1 is 1.40 bits per heavy atom. The number of hydrogen-bond acceptors (Lipinski definition) is 5. The summed E-state index contributed by atoms with van der Waals surface area (Å²) in [5.74, 6) is 1.69. The van der Waals surface area contributed by atoms with Crippen molar-refractivity contribution in [3.05, 3.63) is 11.7 Å². The van der Waals surface area contributed by atoms with E-state index < -0.39 is 0 Å². The molecule has 0 N–H and O–H groups in total. The zero-order valence-electron chi connectivity index (χ0n) is 8.52. The first-order valence-corrected chi connectivity index (χ1v) is 5.21. The Morgan fingerprint density at radius 2 is 2.20 bits per heavy atom. The van der Waals surface area contributed by atoms with Crippen LogP contribution in [0.2, 0.25) is 0 Å². The van der Waals surface area contributed by atoms with Crippen LogP contribution in [0.15, 0.2) is 4.52 Å². The Balaban J connectivity index is 1.88. The maximum atomic E-state index is 10.2. The van der Waals surface area contributed by atoms with Gasteiger partial charge in [-0.1, -0.05) is 5.16 Å². The van der Waals surface area contributed by atoms with Crippen LogP contribution in [-0.4, -0.2) is 29.6 Å². The zero-order valence-corrected chi connectivity index (χ0v) is 8.52. The van der Waals surface area contributed by atoms with Crippen LogP contribution in [0.5, 0.6) is 0 Å². The summed E-state index contributed by atoms with van der Waals surface area (Å²) in [6.07, 6.45) is 3.91. The first-order valence-electron chi connectivity index (χ1n) is 5.21. The van der Waals surface area contributed by atoms with Gasteiger partial charge in [0, 0.05) is 19.6 Å². The Labute approximate surface area is 87.8 Å². The molecule has 0 spiro atoms. The molecular weight excluding hydrogens is 196 g/mol. The van der Waals surface area contributed by atoms with Gasteiger partial charge in [0.05, 0.1) is 6.42 Å². The first-order chi connectivity index (χ1) is 7.38. The van der Waals surface area contributed by atoms with Crippen LogP contribution < -0.4 is 0 Å². The van der Waals surface area contributed by atoms with E-state index in [0.29, 0.717) is 17.6 Å². The van der Waals surface area contributed by atoms with Crippen molar-refractivity contribution in [3.63, 3.8) is 0 Å². The Morgan fingerprint density at radius 3 is 2.93 bits per heavy atom. The SMILES string of the molecule is O=CCc1noc(CC2CCOCC2)n1. The van der Waals surface area contributed by atoms with E-state index in [4.69, 9.17) is 9.26 Å². The third kappa shape index (κ3) is 2.86. The number of carbonyl (C=O) groups is 1. The lowest BCUT2D eigenvalue weighted by Crippen LogP contribution is -2.17. The topological polar surface area (TPSA) is 65.2 Å². The molecule has 0 radical (unpaired) electrons. The normalized spacial score (nSPS) is 17.9. The highest BCUT2D eigenvalue weighted by atomic mass is 16.5. The van der Waals surface area contributed by atoms with Gasteiger partial charge in [-0.3, -0.25) is 0 Å². The van der Waals surface area contributed by atoms with Crippen molar-refractivity contribution < 1.29 is 14.1 Å². The fraction of sp³-hybridized carbons (Fsp3) is 0.700. The van der Waals surface area contributed by atoms with Gasteiger partial charge in [0.15, 0.2) is 5.82 Å². The third-order valence-corrected chi connectivity index (χ3v) is 2.58. The van der Waals surface area contributed by atoms with Crippen LogP contribution in [0.4, 0.5) is 0 Å². The first kappa shape index (κ1) is 10.3. The van der Waals surface area contributed by atoms with Gasteiger partial charge in [0.1, 0.15) is 6.29 Å². The second-order valence-corrected chi connectivity index (χ2v) is 3.74. The average Bonchev–Trinajstić information content (AvgIpc) is 2.68. The molecule has 2 rings (SSSR count). The minimum Gasteiger partial charge on any atom is -0.381 e. The predicted octanol–water partition coefficient (Wildman–Crippen LogP) is 0.780. The van der Waals surface area contributed by atoms with Crippen LogP contribution >= 0.6 is 0 Å². The number of rotatable bonds is 4. The minimum absolute atomic E-state index is 0.233. The molecule has 5 heteroatoms. The molecule has 0 unspecified atom stereocenters. The van der Waals surface area contributed by atoms with Crippen molar-refractivity contribution >= 4 is 6.29 Å². The highest BCUT2D eigenvalue weighted by Gasteiger charge is 2.17. The fourth-order valence-corrected chi connectivity index (χ4v) is 1.73. The largest absolute Gasteiger partial charge is 0.381 e. The molecule has 0 amide bonds. The lowest BCUT2D eigenvalue weighted by Gasteiger charge is -2.19. The van der Waals surface area contributed by atoms with Crippen molar-refractivity contribution in [1.29, 1.82) is 0 Å². The van der Waals surface area contributed by atoms with Gasteiger partial charge < -0.3 is 14.1 Å². The Kier molecular flexibility index (Phi) is 3.45. The predicted molar refractivity (Wildman–Crippen MR) is 51.3 cm³/mol. The third-order valence-electron chi connectivity index (χ3n) is 2.58. The summed E-state index contributed by atoms with van der Waals surface area (Å²) in [5, 5.41) is 3.72. The molecule has 0 bridgehead atoms. The van der Waals surface area contributed by atoms with Crippen molar-refractivity contribution in [2.75, 3.05) is 13.2 Å². The summed E-state index contributed by atoms with van der Waals surface area (Å²) in [6, 6.07) is 0. The number of hydrogen-bond donors (Lipinski definition) is 0. The van der Waals surface area contributed by atoms with E-state index in [1.165, 1.54) is 0 Å². The van der Waals surface area contributed by atoms with Gasteiger partial charge in [-0.25, -0.2) is 0 Å². The number of nitrogens with zero attached hydrogens (tertiary/aromatic N) is 2. The molecule has 0 saturated carbocycles. The van der Waals surface area contributed by atoms with E-state index in [1.54, 1.807) is 0 Å². The summed E-state index contributed by atoms with van der Waals surface area (Å²) >= 11 is 0. The molecule has 1 aromatic rings. The second kappa shape index (κ2) is 5.02. The molecule has 1 saturated heterocycles. The van der Waals surface area contributed by atoms with Gasteiger partial charge >= 0.3 is 0 Å². The molecule has 1 fully saturated rings. The van der Waals surface area contributed by atoms with E-state index in [9.17, 15) is 4.79 Å². The molecule has 0 atom stereocenters. The molecular formula is C10H14N2O3. The Bertz CT molecular complexity index is 318. The van der Waals surface area contributed by atoms with Gasteiger partial charge in [-0.05, 0) is 18.8 Å². The van der Waals surface area contributed by atoms with E-state index in [0.717, 1.165) is 38.8 Å². The summed E-state index contributed by atoms with van der Waals surface area (Å²) in [4.78, 5) is 14.4. The van der Waals surface area contributed by atoms with Crippen LogP contribution in [-0.2, 0) is 22.4 Å². The van der Waals surface area contributed by atoms with E-state index in [1.807, 2.05) is 0 Å². The summed E-state index contributed by atoms with van der Waals surface area (Å²) in [6.45, 7) is 1.64. The van der Waals surface area contributed by atoms with Crippen LogP contribution in [0.3, 0.4) is 0 Å². The smallest absolute Gasteiger partial charge is 0.226 e. The van der Waals surface area contributed by atoms with E-state index in [-0.39, 0.29) is 6.42 Å². The van der Waals surface area contributed by atoms with Gasteiger partial charge in [0.2, 0.25) is 5.89 Å². The second-order valence-electron chi connectivity index (χ2n) is 3.74.